The molecule has 0 aromatic heterocycles. The number of rotatable bonds is 8. The molecule has 0 bridgehead atoms. The van der Waals surface area contributed by atoms with E-state index in [0.29, 0.717) is 25.9 Å². The molecule has 94 valence electrons. The van der Waals surface area contributed by atoms with Crippen molar-refractivity contribution in [3.05, 3.63) is 0 Å². The summed E-state index contributed by atoms with van der Waals surface area (Å²) in [5.41, 5.74) is 0. The Balaban J connectivity index is 3.53. The fourth-order valence-corrected chi connectivity index (χ4v) is 1.16. The second kappa shape index (κ2) is 9.19. The Morgan fingerprint density at radius 3 is 2.19 bits per heavy atom. The summed E-state index contributed by atoms with van der Waals surface area (Å²) < 4.78 is 10.1. The molecule has 0 rings (SSSR count). The summed E-state index contributed by atoms with van der Waals surface area (Å²) in [5, 5.41) is 0. The topological polar surface area (TPSA) is 52.6 Å². The maximum absolute atomic E-state index is 11.1. The van der Waals surface area contributed by atoms with E-state index in [9.17, 15) is 9.59 Å². The smallest absolute Gasteiger partial charge is 0.306 e. The summed E-state index contributed by atoms with van der Waals surface area (Å²) in [6.45, 7) is 5.98. The number of hydrogen-bond acceptors (Lipinski definition) is 4. The van der Waals surface area contributed by atoms with Gasteiger partial charge in [-0.15, -0.1) is 0 Å². The third-order valence-corrected chi connectivity index (χ3v) is 2.03. The lowest BCUT2D eigenvalue weighted by Crippen LogP contribution is -2.17. The van der Waals surface area contributed by atoms with Crippen LogP contribution in [0.25, 0.3) is 0 Å². The van der Waals surface area contributed by atoms with Crippen molar-refractivity contribution in [2.75, 3.05) is 6.61 Å². The van der Waals surface area contributed by atoms with Crippen molar-refractivity contribution in [2.24, 2.45) is 0 Å². The SMILES string of the molecule is CCCC(=O)OCCC(C)OC(=O)CCC. The Morgan fingerprint density at radius 2 is 1.62 bits per heavy atom. The molecule has 0 saturated carbocycles. The van der Waals surface area contributed by atoms with E-state index in [2.05, 4.69) is 0 Å². The second-order valence-electron chi connectivity index (χ2n) is 3.81. The third-order valence-electron chi connectivity index (χ3n) is 2.03. The van der Waals surface area contributed by atoms with E-state index in [1.54, 1.807) is 6.92 Å². The molecular formula is C12H22O4. The first-order chi connectivity index (χ1) is 7.60. The van der Waals surface area contributed by atoms with Gasteiger partial charge in [-0.2, -0.15) is 0 Å². The van der Waals surface area contributed by atoms with Gasteiger partial charge < -0.3 is 9.47 Å². The van der Waals surface area contributed by atoms with Crippen LogP contribution in [-0.2, 0) is 19.1 Å². The molecule has 4 heteroatoms. The normalized spacial score (nSPS) is 11.9. The number of carbonyl (C=O) groups excluding carboxylic acids is 2. The van der Waals surface area contributed by atoms with Gasteiger partial charge >= 0.3 is 11.9 Å². The Labute approximate surface area is 97.3 Å². The predicted octanol–water partition coefficient (Wildman–Crippen LogP) is 2.45. The van der Waals surface area contributed by atoms with Crippen LogP contribution in [0.4, 0.5) is 0 Å². The van der Waals surface area contributed by atoms with Gasteiger partial charge in [-0.25, -0.2) is 0 Å². The molecule has 4 nitrogen and oxygen atoms in total. The summed E-state index contributed by atoms with van der Waals surface area (Å²) in [4.78, 5) is 22.1. The quantitative estimate of drug-likeness (QED) is 0.601. The molecular weight excluding hydrogens is 208 g/mol. The largest absolute Gasteiger partial charge is 0.466 e. The highest BCUT2D eigenvalue weighted by molar-refractivity contribution is 5.69. The van der Waals surface area contributed by atoms with Crippen molar-refractivity contribution in [1.29, 1.82) is 0 Å². The zero-order chi connectivity index (χ0) is 12.4. The summed E-state index contributed by atoms with van der Waals surface area (Å²) in [7, 11) is 0. The van der Waals surface area contributed by atoms with Crippen molar-refractivity contribution in [3.63, 3.8) is 0 Å². The van der Waals surface area contributed by atoms with E-state index >= 15 is 0 Å². The van der Waals surface area contributed by atoms with Gasteiger partial charge in [0.2, 0.25) is 0 Å². The first kappa shape index (κ1) is 14.9. The molecule has 0 spiro atoms. The average Bonchev–Trinajstić information content (AvgIpc) is 2.18. The highest BCUT2D eigenvalue weighted by atomic mass is 16.6. The summed E-state index contributed by atoms with van der Waals surface area (Å²) in [6, 6.07) is 0. The van der Waals surface area contributed by atoms with Crippen LogP contribution >= 0.6 is 0 Å². The van der Waals surface area contributed by atoms with Crippen molar-refractivity contribution >= 4 is 11.9 Å². The van der Waals surface area contributed by atoms with E-state index < -0.39 is 0 Å². The molecule has 0 N–H and O–H groups in total. The third kappa shape index (κ3) is 8.26. The molecule has 0 amide bonds. The van der Waals surface area contributed by atoms with Gasteiger partial charge in [0.1, 0.15) is 6.10 Å². The summed E-state index contributed by atoms with van der Waals surface area (Å²) >= 11 is 0. The van der Waals surface area contributed by atoms with Crippen molar-refractivity contribution < 1.29 is 19.1 Å². The fraction of sp³-hybridized carbons (Fsp3) is 0.833. The molecule has 0 fully saturated rings. The van der Waals surface area contributed by atoms with E-state index in [1.165, 1.54) is 0 Å². The van der Waals surface area contributed by atoms with E-state index in [0.717, 1.165) is 12.8 Å². The van der Waals surface area contributed by atoms with Crippen LogP contribution in [0.3, 0.4) is 0 Å². The maximum Gasteiger partial charge on any atom is 0.306 e. The fourth-order valence-electron chi connectivity index (χ4n) is 1.16. The lowest BCUT2D eigenvalue weighted by atomic mass is 10.3. The van der Waals surface area contributed by atoms with Gasteiger partial charge in [0.15, 0.2) is 0 Å². The van der Waals surface area contributed by atoms with Crippen LogP contribution in [0.2, 0.25) is 0 Å². The summed E-state index contributed by atoms with van der Waals surface area (Å²) in [6.07, 6.45) is 2.85. The van der Waals surface area contributed by atoms with Crippen LogP contribution < -0.4 is 0 Å². The minimum absolute atomic E-state index is 0.185. The van der Waals surface area contributed by atoms with Crippen LogP contribution in [-0.4, -0.2) is 24.6 Å². The lowest BCUT2D eigenvalue weighted by molar-refractivity contribution is -0.150. The Hall–Kier alpha value is -1.06. The van der Waals surface area contributed by atoms with Crippen LogP contribution in [0.1, 0.15) is 52.9 Å². The van der Waals surface area contributed by atoms with Crippen molar-refractivity contribution in [1.82, 2.24) is 0 Å². The van der Waals surface area contributed by atoms with E-state index in [4.69, 9.17) is 9.47 Å². The molecule has 0 radical (unpaired) electrons. The van der Waals surface area contributed by atoms with Gasteiger partial charge in [-0.3, -0.25) is 9.59 Å². The molecule has 1 unspecified atom stereocenters. The minimum Gasteiger partial charge on any atom is -0.466 e. The zero-order valence-corrected chi connectivity index (χ0v) is 10.5. The molecule has 1 atom stereocenters. The van der Waals surface area contributed by atoms with Crippen molar-refractivity contribution in [2.45, 2.75) is 59.0 Å². The van der Waals surface area contributed by atoms with Crippen molar-refractivity contribution in [3.8, 4) is 0 Å². The molecule has 0 heterocycles. The van der Waals surface area contributed by atoms with Crippen LogP contribution in [0.15, 0.2) is 0 Å². The van der Waals surface area contributed by atoms with Gasteiger partial charge in [-0.05, 0) is 19.8 Å². The molecule has 0 aliphatic rings. The predicted molar refractivity (Wildman–Crippen MR) is 60.9 cm³/mol. The molecule has 0 saturated heterocycles. The molecule has 0 aliphatic carbocycles. The number of esters is 2. The van der Waals surface area contributed by atoms with Gasteiger partial charge in [0.25, 0.3) is 0 Å². The molecule has 16 heavy (non-hydrogen) atoms. The molecule has 0 aromatic rings. The first-order valence-electron chi connectivity index (χ1n) is 5.95. The van der Waals surface area contributed by atoms with Gasteiger partial charge in [0.05, 0.1) is 6.61 Å². The summed E-state index contributed by atoms with van der Waals surface area (Å²) in [5.74, 6) is -0.371. The molecule has 0 aliphatic heterocycles. The van der Waals surface area contributed by atoms with E-state index in [-0.39, 0.29) is 18.0 Å². The highest BCUT2D eigenvalue weighted by Gasteiger charge is 2.09. The first-order valence-corrected chi connectivity index (χ1v) is 5.95. The van der Waals surface area contributed by atoms with Crippen LogP contribution in [0.5, 0.6) is 0 Å². The van der Waals surface area contributed by atoms with Gasteiger partial charge in [-0.1, -0.05) is 13.8 Å². The Morgan fingerprint density at radius 1 is 1.06 bits per heavy atom. The van der Waals surface area contributed by atoms with E-state index in [1.807, 2.05) is 13.8 Å². The lowest BCUT2D eigenvalue weighted by Gasteiger charge is -2.12. The number of ether oxygens (including phenoxy) is 2. The Bertz CT molecular complexity index is 213. The number of carbonyl (C=O) groups is 2. The van der Waals surface area contributed by atoms with Gasteiger partial charge in [0, 0.05) is 19.3 Å². The minimum atomic E-state index is -0.187. The standard InChI is InChI=1S/C12H22O4/c1-4-6-11(13)15-9-8-10(3)16-12(14)7-5-2/h10H,4-9H2,1-3H3. The molecule has 0 aromatic carbocycles. The average molecular weight is 230 g/mol. The Kier molecular flexibility index (Phi) is 8.58. The second-order valence-corrected chi connectivity index (χ2v) is 3.81. The maximum atomic E-state index is 11.1. The number of hydrogen-bond donors (Lipinski definition) is 0. The zero-order valence-electron chi connectivity index (χ0n) is 10.5. The highest BCUT2D eigenvalue weighted by Crippen LogP contribution is 2.02. The monoisotopic (exact) mass is 230 g/mol. The van der Waals surface area contributed by atoms with Crippen LogP contribution in [0, 0.1) is 0 Å².